The first kappa shape index (κ1) is 13.1. The molecule has 1 aromatic carbocycles. The molecule has 1 aliphatic rings. The fourth-order valence-electron chi connectivity index (χ4n) is 2.71. The Morgan fingerprint density at radius 2 is 1.80 bits per heavy atom. The molecule has 102 valence electrons. The van der Waals surface area contributed by atoms with Gasteiger partial charge in [0.1, 0.15) is 10.8 Å². The Balaban J connectivity index is 2.35. The summed E-state index contributed by atoms with van der Waals surface area (Å²) in [6.07, 6.45) is 1.81. The van der Waals surface area contributed by atoms with E-state index < -0.39 is 0 Å². The highest BCUT2D eigenvalue weighted by Crippen LogP contribution is 2.41. The summed E-state index contributed by atoms with van der Waals surface area (Å²) >= 11 is 5.66. The SMILES string of the molecule is Cc1ccc2c(c1C)N(C)C(=S)c1cccnc1N2C. The number of aromatic nitrogens is 1. The van der Waals surface area contributed by atoms with Gasteiger partial charge in [-0.2, -0.15) is 0 Å². The molecule has 0 unspecified atom stereocenters. The number of pyridine rings is 1. The molecule has 1 aliphatic heterocycles. The summed E-state index contributed by atoms with van der Waals surface area (Å²) in [4.78, 5) is 9.53. The summed E-state index contributed by atoms with van der Waals surface area (Å²) in [6, 6.07) is 8.25. The van der Waals surface area contributed by atoms with Crippen molar-refractivity contribution in [3.63, 3.8) is 0 Å². The van der Waals surface area contributed by atoms with Crippen LogP contribution in [-0.4, -0.2) is 24.1 Å². The average molecular weight is 283 g/mol. The molecule has 0 saturated heterocycles. The number of anilines is 3. The summed E-state index contributed by atoms with van der Waals surface area (Å²) in [5, 5.41) is 0. The summed E-state index contributed by atoms with van der Waals surface area (Å²) in [5.41, 5.74) is 5.82. The van der Waals surface area contributed by atoms with Crippen molar-refractivity contribution in [2.24, 2.45) is 0 Å². The molecule has 4 heteroatoms. The quantitative estimate of drug-likeness (QED) is 0.688. The Kier molecular flexibility index (Phi) is 2.98. The fourth-order valence-corrected chi connectivity index (χ4v) is 2.96. The van der Waals surface area contributed by atoms with Gasteiger partial charge in [0.25, 0.3) is 0 Å². The maximum atomic E-state index is 5.66. The number of benzene rings is 1. The highest BCUT2D eigenvalue weighted by atomic mass is 32.1. The Morgan fingerprint density at radius 1 is 1.05 bits per heavy atom. The molecule has 2 aromatic rings. The van der Waals surface area contributed by atoms with Crippen LogP contribution in [0.4, 0.5) is 17.2 Å². The minimum Gasteiger partial charge on any atom is -0.333 e. The topological polar surface area (TPSA) is 19.4 Å². The van der Waals surface area contributed by atoms with Crippen LogP contribution < -0.4 is 9.80 Å². The van der Waals surface area contributed by atoms with Crippen molar-refractivity contribution in [2.45, 2.75) is 13.8 Å². The van der Waals surface area contributed by atoms with Gasteiger partial charge in [0.15, 0.2) is 0 Å². The van der Waals surface area contributed by atoms with Crippen LogP contribution in [0.25, 0.3) is 0 Å². The number of fused-ring (bicyclic) bond motifs is 2. The molecule has 0 aliphatic carbocycles. The van der Waals surface area contributed by atoms with Gasteiger partial charge in [-0.3, -0.25) is 0 Å². The van der Waals surface area contributed by atoms with Gasteiger partial charge in [0.05, 0.1) is 16.9 Å². The van der Waals surface area contributed by atoms with Crippen LogP contribution in [0, 0.1) is 13.8 Å². The lowest BCUT2D eigenvalue weighted by atomic mass is 10.1. The van der Waals surface area contributed by atoms with Gasteiger partial charge in [-0.1, -0.05) is 18.3 Å². The molecule has 0 N–H and O–H groups in total. The number of rotatable bonds is 0. The third kappa shape index (κ3) is 1.72. The van der Waals surface area contributed by atoms with E-state index in [1.807, 2.05) is 32.4 Å². The monoisotopic (exact) mass is 283 g/mol. The third-order valence-electron chi connectivity index (χ3n) is 4.02. The molecule has 0 radical (unpaired) electrons. The average Bonchev–Trinajstić information content (AvgIpc) is 2.54. The van der Waals surface area contributed by atoms with E-state index in [0.29, 0.717) is 0 Å². The van der Waals surface area contributed by atoms with E-state index in [1.165, 1.54) is 11.1 Å². The van der Waals surface area contributed by atoms with Gasteiger partial charge >= 0.3 is 0 Å². The number of hydrogen-bond acceptors (Lipinski definition) is 3. The van der Waals surface area contributed by atoms with E-state index in [0.717, 1.165) is 27.7 Å². The van der Waals surface area contributed by atoms with Crippen LogP contribution in [0.1, 0.15) is 16.7 Å². The highest BCUT2D eigenvalue weighted by molar-refractivity contribution is 7.81. The lowest BCUT2D eigenvalue weighted by molar-refractivity contribution is 1.12. The standard InChI is InChI=1S/C16H17N3S/c1-10-7-8-13-14(11(10)2)19(4)16(20)12-6-5-9-17-15(12)18(13)3/h5-9H,1-4H3. The second kappa shape index (κ2) is 4.56. The number of nitrogens with zero attached hydrogens (tertiary/aromatic N) is 3. The lowest BCUT2D eigenvalue weighted by Crippen LogP contribution is -2.25. The van der Waals surface area contributed by atoms with E-state index in [4.69, 9.17) is 12.2 Å². The fraction of sp³-hybridized carbons (Fsp3) is 0.250. The van der Waals surface area contributed by atoms with Crippen molar-refractivity contribution in [2.75, 3.05) is 23.9 Å². The zero-order chi connectivity index (χ0) is 14.4. The first-order valence-corrected chi connectivity index (χ1v) is 7.00. The molecular formula is C16H17N3S. The number of thiocarbonyl (C=S) groups is 1. The van der Waals surface area contributed by atoms with E-state index >= 15 is 0 Å². The molecule has 3 rings (SSSR count). The Morgan fingerprint density at radius 3 is 2.55 bits per heavy atom. The molecule has 0 fully saturated rings. The maximum absolute atomic E-state index is 5.66. The summed E-state index contributed by atoms with van der Waals surface area (Å²) < 4.78 is 0. The molecule has 20 heavy (non-hydrogen) atoms. The summed E-state index contributed by atoms with van der Waals surface area (Å²) in [7, 11) is 4.07. The molecule has 1 aromatic heterocycles. The third-order valence-corrected chi connectivity index (χ3v) is 4.51. The Bertz CT molecular complexity index is 709. The Labute approximate surface area is 124 Å². The minimum atomic E-state index is 0.812. The zero-order valence-corrected chi connectivity index (χ0v) is 13.0. The molecule has 0 saturated carbocycles. The zero-order valence-electron chi connectivity index (χ0n) is 12.1. The predicted octanol–water partition coefficient (Wildman–Crippen LogP) is 3.59. The maximum Gasteiger partial charge on any atom is 0.143 e. The van der Waals surface area contributed by atoms with Crippen molar-refractivity contribution in [3.8, 4) is 0 Å². The molecule has 2 heterocycles. The number of aryl methyl sites for hydroxylation is 1. The van der Waals surface area contributed by atoms with E-state index in [-0.39, 0.29) is 0 Å². The molecular weight excluding hydrogens is 266 g/mol. The van der Waals surface area contributed by atoms with Crippen LogP contribution in [0.2, 0.25) is 0 Å². The van der Waals surface area contributed by atoms with Crippen LogP contribution in [0.3, 0.4) is 0 Å². The second-order valence-electron chi connectivity index (χ2n) is 5.17. The van der Waals surface area contributed by atoms with Gasteiger partial charge in [-0.05, 0) is 43.2 Å². The first-order valence-electron chi connectivity index (χ1n) is 6.59. The van der Waals surface area contributed by atoms with Crippen molar-refractivity contribution in [1.82, 2.24) is 4.98 Å². The van der Waals surface area contributed by atoms with Gasteiger partial charge in [0.2, 0.25) is 0 Å². The van der Waals surface area contributed by atoms with Crippen LogP contribution in [0.15, 0.2) is 30.5 Å². The lowest BCUT2D eigenvalue weighted by Gasteiger charge is -2.25. The minimum absolute atomic E-state index is 0.812. The number of hydrogen-bond donors (Lipinski definition) is 0. The first-order chi connectivity index (χ1) is 9.52. The van der Waals surface area contributed by atoms with Crippen LogP contribution in [0.5, 0.6) is 0 Å². The van der Waals surface area contributed by atoms with E-state index in [9.17, 15) is 0 Å². The molecule has 0 spiro atoms. The van der Waals surface area contributed by atoms with E-state index in [1.54, 1.807) is 0 Å². The largest absolute Gasteiger partial charge is 0.333 e. The van der Waals surface area contributed by atoms with Gasteiger partial charge in [-0.15, -0.1) is 0 Å². The normalized spacial score (nSPS) is 13.9. The van der Waals surface area contributed by atoms with E-state index in [2.05, 4.69) is 40.8 Å². The van der Waals surface area contributed by atoms with Crippen LogP contribution in [-0.2, 0) is 0 Å². The molecule has 0 amide bonds. The van der Waals surface area contributed by atoms with Crippen molar-refractivity contribution in [1.29, 1.82) is 0 Å². The smallest absolute Gasteiger partial charge is 0.143 e. The van der Waals surface area contributed by atoms with Crippen LogP contribution >= 0.6 is 12.2 Å². The van der Waals surface area contributed by atoms with Crippen molar-refractivity contribution in [3.05, 3.63) is 47.2 Å². The summed E-state index contributed by atoms with van der Waals surface area (Å²) in [6.45, 7) is 4.27. The second-order valence-corrected chi connectivity index (χ2v) is 5.56. The van der Waals surface area contributed by atoms with Gasteiger partial charge < -0.3 is 9.80 Å². The molecule has 3 nitrogen and oxygen atoms in total. The van der Waals surface area contributed by atoms with Gasteiger partial charge in [-0.25, -0.2) is 4.98 Å². The highest BCUT2D eigenvalue weighted by Gasteiger charge is 2.27. The Hall–Kier alpha value is -1.94. The van der Waals surface area contributed by atoms with Gasteiger partial charge in [0, 0.05) is 20.3 Å². The van der Waals surface area contributed by atoms with Crippen molar-refractivity contribution < 1.29 is 0 Å². The molecule has 0 bridgehead atoms. The predicted molar refractivity (Wildman–Crippen MR) is 88.3 cm³/mol. The van der Waals surface area contributed by atoms with Crippen molar-refractivity contribution >= 4 is 34.4 Å². The summed E-state index contributed by atoms with van der Waals surface area (Å²) in [5.74, 6) is 0.909. The molecule has 0 atom stereocenters.